The van der Waals surface area contributed by atoms with Crippen molar-refractivity contribution in [3.63, 3.8) is 0 Å². The largest absolute Gasteiger partial charge is 0.507 e. The number of aliphatic hydroxyl groups excluding tert-OH is 1. The maximum atomic E-state index is 14.2. The Balaban J connectivity index is 1.44. The van der Waals surface area contributed by atoms with E-state index in [4.69, 9.17) is 23.7 Å². The highest BCUT2D eigenvalue weighted by molar-refractivity contribution is 6.16. The molecule has 1 saturated heterocycles. The summed E-state index contributed by atoms with van der Waals surface area (Å²) in [6.45, 7) is 4.29. The molecule has 2 unspecified atom stereocenters. The molecule has 7 rings (SSSR count). The number of aryl methyl sites for hydroxylation is 1. The van der Waals surface area contributed by atoms with Gasteiger partial charge < -0.3 is 44.1 Å². The number of carbonyl (C=O) groups is 5. The zero-order chi connectivity index (χ0) is 34.0. The third-order valence-electron chi connectivity index (χ3n) is 10.4. The van der Waals surface area contributed by atoms with E-state index in [0.717, 1.165) is 14.0 Å². The molecule has 2 aliphatic carbocycles. The molecular formula is C33H32O14. The molecule has 2 saturated carbocycles. The predicted octanol–water partition coefficient (Wildman–Crippen LogP) is 1.66. The maximum Gasteiger partial charge on any atom is 0.357 e. The zero-order valence-electron chi connectivity index (χ0n) is 25.8. The number of phenols is 2. The molecule has 3 fully saturated rings. The number of phenolic OH excluding ortho intramolecular Hbond substituents is 2. The number of aromatic hydroxyl groups is 2. The van der Waals surface area contributed by atoms with Gasteiger partial charge in [-0.15, -0.1) is 0 Å². The Labute approximate surface area is 267 Å². The van der Waals surface area contributed by atoms with Crippen molar-refractivity contribution in [3.8, 4) is 34.1 Å². The van der Waals surface area contributed by atoms with Gasteiger partial charge >= 0.3 is 17.9 Å². The van der Waals surface area contributed by atoms with Crippen LogP contribution in [0.1, 0.15) is 65.8 Å². The first kappa shape index (κ1) is 30.9. The van der Waals surface area contributed by atoms with Crippen LogP contribution in [0.25, 0.3) is 11.1 Å². The van der Waals surface area contributed by atoms with Crippen LogP contribution in [0.3, 0.4) is 0 Å². The molecule has 0 spiro atoms. The van der Waals surface area contributed by atoms with Crippen LogP contribution in [-0.4, -0.2) is 92.1 Å². The van der Waals surface area contributed by atoms with Gasteiger partial charge in [0, 0.05) is 18.1 Å². The number of fused-ring (bicyclic) bond motifs is 3. The number of benzene rings is 2. The van der Waals surface area contributed by atoms with E-state index in [0.29, 0.717) is 6.42 Å². The summed E-state index contributed by atoms with van der Waals surface area (Å²) in [5, 5.41) is 45.7. The number of Topliss-reactive ketones (excluding diaryl/α,β-unsaturated/α-hetero) is 2. The number of hydrogen-bond acceptors (Lipinski definition) is 14. The molecule has 8 atom stereocenters. The lowest BCUT2D eigenvalue weighted by Crippen LogP contribution is -2.76. The monoisotopic (exact) mass is 652 g/mol. The Morgan fingerprint density at radius 3 is 2.45 bits per heavy atom. The lowest BCUT2D eigenvalue weighted by Gasteiger charge is -2.49. The average Bonchev–Trinajstić information content (AvgIpc) is 3.17. The summed E-state index contributed by atoms with van der Waals surface area (Å²) < 4.78 is 28.3. The van der Waals surface area contributed by atoms with E-state index in [1.807, 2.05) is 0 Å². The van der Waals surface area contributed by atoms with Gasteiger partial charge in [-0.1, -0.05) is 6.92 Å². The second-order valence-corrected chi connectivity index (χ2v) is 12.9. The third-order valence-corrected chi connectivity index (χ3v) is 10.4. The maximum absolute atomic E-state index is 14.2. The highest BCUT2D eigenvalue weighted by atomic mass is 16.6. The summed E-state index contributed by atoms with van der Waals surface area (Å²) in [5.74, 6) is -8.29. The first-order valence-corrected chi connectivity index (χ1v) is 15.2. The molecule has 5 aliphatic rings. The molecule has 248 valence electrons. The van der Waals surface area contributed by atoms with Gasteiger partial charge in [0.2, 0.25) is 11.4 Å². The lowest BCUT2D eigenvalue weighted by atomic mass is 9.62. The van der Waals surface area contributed by atoms with E-state index in [2.05, 4.69) is 0 Å². The van der Waals surface area contributed by atoms with Gasteiger partial charge in [-0.25, -0.2) is 9.59 Å². The molecule has 14 heteroatoms. The summed E-state index contributed by atoms with van der Waals surface area (Å²) in [7, 11) is 1.09. The molecule has 0 aromatic heterocycles. The van der Waals surface area contributed by atoms with Crippen LogP contribution in [0.2, 0.25) is 0 Å². The van der Waals surface area contributed by atoms with Gasteiger partial charge in [-0.3, -0.25) is 14.4 Å². The number of carbonyl (C=O) groups excluding carboxylic acids is 5. The average molecular weight is 653 g/mol. The number of esters is 3. The second kappa shape index (κ2) is 9.91. The van der Waals surface area contributed by atoms with Gasteiger partial charge in [0.05, 0.1) is 13.0 Å². The van der Waals surface area contributed by atoms with E-state index in [1.54, 1.807) is 6.92 Å². The minimum atomic E-state index is -2.68. The Morgan fingerprint density at radius 1 is 1.04 bits per heavy atom. The smallest absolute Gasteiger partial charge is 0.357 e. The number of aliphatic hydroxyl groups is 2. The Hall–Kier alpha value is -4.69. The molecule has 2 aromatic carbocycles. The minimum Gasteiger partial charge on any atom is -0.507 e. The Kier molecular flexibility index (Phi) is 6.52. The van der Waals surface area contributed by atoms with Crippen LogP contribution in [0, 0.1) is 18.8 Å². The van der Waals surface area contributed by atoms with E-state index >= 15 is 0 Å². The van der Waals surface area contributed by atoms with E-state index < -0.39 is 93.5 Å². The molecule has 0 radical (unpaired) electrons. The molecule has 0 amide bonds. The molecule has 3 heterocycles. The van der Waals surface area contributed by atoms with E-state index in [-0.39, 0.29) is 53.0 Å². The second-order valence-electron chi connectivity index (χ2n) is 12.9. The van der Waals surface area contributed by atoms with Crippen molar-refractivity contribution in [2.75, 3.05) is 7.11 Å². The zero-order valence-corrected chi connectivity index (χ0v) is 25.8. The number of ketones is 2. The normalized spacial score (nSPS) is 34.9. The summed E-state index contributed by atoms with van der Waals surface area (Å²) in [6.07, 6.45) is -3.60. The fraction of sp³-hybridized carbons (Fsp3) is 0.485. The summed E-state index contributed by atoms with van der Waals surface area (Å²) in [4.78, 5) is 67.0. The fourth-order valence-electron chi connectivity index (χ4n) is 8.30. The van der Waals surface area contributed by atoms with Gasteiger partial charge in [-0.05, 0) is 62.3 Å². The molecule has 2 aromatic rings. The van der Waals surface area contributed by atoms with Crippen LogP contribution in [0.4, 0.5) is 0 Å². The van der Waals surface area contributed by atoms with E-state index in [9.17, 15) is 44.4 Å². The standard InChI is InChI=1S/C33H32O14/c1-12-10-17(35)22-25(37)16-6-5-7-19(44-14(3)34)31(16,29(40)43-4)47-26(22)21(12)15-8-9-18-23(24(15)36)28(39)32(42)20-11-13(2)27(38)33(32,46-18)30(41)45-20/h8-10,13,16,19-20,27,35-36,38,42H,5-7,11H2,1-4H3/t13-,16?,19+,20+,27-,31-,32-,33?/m1/s1. The van der Waals surface area contributed by atoms with Crippen LogP contribution in [0.15, 0.2) is 18.2 Å². The van der Waals surface area contributed by atoms with Crippen LogP contribution < -0.4 is 9.47 Å². The predicted molar refractivity (Wildman–Crippen MR) is 155 cm³/mol. The molecule has 4 N–H and O–H groups in total. The Morgan fingerprint density at radius 2 is 1.77 bits per heavy atom. The highest BCUT2D eigenvalue weighted by Gasteiger charge is 2.81. The number of rotatable bonds is 3. The summed E-state index contributed by atoms with van der Waals surface area (Å²) in [5.41, 5.74) is -8.00. The van der Waals surface area contributed by atoms with Gasteiger partial charge in [0.25, 0.3) is 11.2 Å². The fourth-order valence-corrected chi connectivity index (χ4v) is 8.30. The highest BCUT2D eigenvalue weighted by Crippen LogP contribution is 2.59. The number of methoxy groups -OCH3 is 1. The van der Waals surface area contributed by atoms with Crippen molar-refractivity contribution in [1.82, 2.24) is 0 Å². The van der Waals surface area contributed by atoms with Crippen molar-refractivity contribution in [2.45, 2.75) is 81.6 Å². The van der Waals surface area contributed by atoms with Crippen LogP contribution in [-0.2, 0) is 28.6 Å². The molecule has 2 bridgehead atoms. The van der Waals surface area contributed by atoms with Crippen LogP contribution in [0.5, 0.6) is 23.0 Å². The van der Waals surface area contributed by atoms with Crippen molar-refractivity contribution in [2.24, 2.45) is 11.8 Å². The third kappa shape index (κ3) is 3.59. The van der Waals surface area contributed by atoms with Crippen molar-refractivity contribution < 1.29 is 68.1 Å². The molecule has 3 aliphatic heterocycles. The first-order valence-electron chi connectivity index (χ1n) is 15.2. The first-order chi connectivity index (χ1) is 22.2. The molecule has 47 heavy (non-hydrogen) atoms. The SMILES string of the molecule is COC(=O)[C@@]12Oc3c(c(O)cc(C)c3-c3ccc4c(c3O)C(=O)[C@]3(O)[C@@H]5C[C@@H](C)[C@@H](O)C3(O4)C(=O)O5)C(=O)C1CCC[C@@H]2OC(C)=O. The van der Waals surface area contributed by atoms with Gasteiger partial charge in [0.15, 0.2) is 11.9 Å². The summed E-state index contributed by atoms with van der Waals surface area (Å²) >= 11 is 0. The molecular weight excluding hydrogens is 620 g/mol. The van der Waals surface area contributed by atoms with Gasteiger partial charge in [-0.2, -0.15) is 0 Å². The number of hydrogen-bond donors (Lipinski definition) is 4. The Bertz CT molecular complexity index is 1810. The number of ether oxygens (including phenoxy) is 5. The molecule has 14 nitrogen and oxygen atoms in total. The quantitative estimate of drug-likeness (QED) is 0.274. The van der Waals surface area contributed by atoms with Crippen LogP contribution >= 0.6 is 0 Å². The van der Waals surface area contributed by atoms with Crippen molar-refractivity contribution >= 4 is 29.5 Å². The topological polar surface area (TPSA) is 212 Å². The minimum absolute atomic E-state index is 0.00648. The van der Waals surface area contributed by atoms with Gasteiger partial charge in [0.1, 0.15) is 46.3 Å². The van der Waals surface area contributed by atoms with E-state index in [1.165, 1.54) is 25.1 Å². The lowest BCUT2D eigenvalue weighted by molar-refractivity contribution is -0.193. The van der Waals surface area contributed by atoms with Crippen molar-refractivity contribution in [3.05, 3.63) is 34.9 Å². The summed E-state index contributed by atoms with van der Waals surface area (Å²) in [6, 6.07) is 3.81. The van der Waals surface area contributed by atoms with Crippen molar-refractivity contribution in [1.29, 1.82) is 0 Å².